The van der Waals surface area contributed by atoms with E-state index in [-0.39, 0.29) is 150 Å². The molecule has 0 rings (SSSR count). The number of nitrogens with one attached hydrogen (secondary N) is 10. The van der Waals surface area contributed by atoms with Crippen LogP contribution < -0.4 is 53.8 Å². The van der Waals surface area contributed by atoms with Gasteiger partial charge in [-0.3, -0.25) is 28.8 Å². The molecule has 0 aliphatic heterocycles. The Kier molecular flexibility index (Phi) is 34.7. The minimum absolute atomic E-state index is 0.102. The second-order valence-corrected chi connectivity index (χ2v) is 17.1. The van der Waals surface area contributed by atoms with E-state index in [1.165, 1.54) is 0 Å². The molecule has 24 heteroatoms. The third-order valence-electron chi connectivity index (χ3n) is 10.2. The van der Waals surface area contributed by atoms with Crippen LogP contribution >= 0.6 is 0 Å². The molecule has 63 heavy (non-hydrogen) atoms. The second kappa shape index (κ2) is 36.7. The van der Waals surface area contributed by atoms with Gasteiger partial charge in [-0.1, -0.05) is 34.0 Å². The fourth-order valence-electron chi connectivity index (χ4n) is 6.85. The zero-order valence-corrected chi connectivity index (χ0v) is 38.7. The zero-order valence-electron chi connectivity index (χ0n) is 38.7. The molecule has 0 fully saturated rings. The summed E-state index contributed by atoms with van der Waals surface area (Å²) in [6, 6.07) is 0. The van der Waals surface area contributed by atoms with Gasteiger partial charge >= 0.3 is 0 Å². The summed E-state index contributed by atoms with van der Waals surface area (Å²) in [5, 5.41) is 51.7. The molecule has 0 radical (unpaired) electrons. The molecular weight excluding hydrogens is 821 g/mol. The van der Waals surface area contributed by atoms with Crippen LogP contribution in [0.1, 0.15) is 72.6 Å². The Hall–Kier alpha value is -3.56. The Morgan fingerprint density at radius 2 is 0.635 bits per heavy atom. The first-order valence-corrected chi connectivity index (χ1v) is 22.2. The van der Waals surface area contributed by atoms with Gasteiger partial charge in [0.25, 0.3) is 0 Å². The Labute approximate surface area is 374 Å². The topological polar surface area (TPSA) is 313 Å². The standard InChI is InChI=1S/C39H82BN13O10/c1-38(2,30-40)29-39(3,4)31-53(25-9-36(58)45-19-27-51(21-5-32(54)41-11-15-47-60)22-6-33(55)42-12-16-48-61)26-10-37(59)46-20-28-52(23-7-34(56)43-13-17-49-62)24-8-35(57)44-14-18-50-63/h47-50,60-63H,5-31,40H2,1-4H3,(H,41,54)(H,42,55)(H,43,56)(H,44,57)(H,45,58)(H,46,59). The maximum Gasteiger partial charge on any atom is 0.221 e. The lowest BCUT2D eigenvalue weighted by molar-refractivity contribution is -0.123. The fourth-order valence-corrected chi connectivity index (χ4v) is 6.85. The summed E-state index contributed by atoms with van der Waals surface area (Å²) < 4.78 is 0. The highest BCUT2D eigenvalue weighted by Crippen LogP contribution is 2.36. The molecule has 0 heterocycles. The number of hydroxylamine groups is 4. The van der Waals surface area contributed by atoms with E-state index in [4.69, 9.17) is 20.8 Å². The Morgan fingerprint density at radius 1 is 0.381 bits per heavy atom. The first kappa shape index (κ1) is 59.4. The van der Waals surface area contributed by atoms with Gasteiger partial charge in [-0.15, -0.1) is 0 Å². The van der Waals surface area contributed by atoms with Gasteiger partial charge in [0.05, 0.1) is 0 Å². The van der Waals surface area contributed by atoms with Gasteiger partial charge in [0.15, 0.2) is 0 Å². The summed E-state index contributed by atoms with van der Waals surface area (Å²) in [5.41, 5.74) is 7.92. The molecule has 0 saturated carbocycles. The number of hydrogen-bond donors (Lipinski definition) is 14. The monoisotopic (exact) mass is 904 g/mol. The molecule has 0 bridgehead atoms. The van der Waals surface area contributed by atoms with E-state index in [1.54, 1.807) is 0 Å². The number of hydrogen-bond acceptors (Lipinski definition) is 17. The van der Waals surface area contributed by atoms with Crippen LogP contribution in [-0.4, -0.2) is 203 Å². The van der Waals surface area contributed by atoms with Crippen molar-refractivity contribution in [3.63, 3.8) is 0 Å². The normalized spacial score (nSPS) is 11.8. The van der Waals surface area contributed by atoms with Crippen LogP contribution in [0, 0.1) is 10.8 Å². The number of nitrogens with zero attached hydrogens (tertiary/aromatic N) is 3. The van der Waals surface area contributed by atoms with Crippen molar-refractivity contribution in [3.8, 4) is 0 Å². The van der Waals surface area contributed by atoms with Gasteiger partial charge < -0.3 is 67.4 Å². The van der Waals surface area contributed by atoms with Gasteiger partial charge in [-0.25, -0.2) is 21.9 Å². The van der Waals surface area contributed by atoms with Crippen LogP contribution in [-0.2, 0) is 28.8 Å². The van der Waals surface area contributed by atoms with Crippen LogP contribution in [0.3, 0.4) is 0 Å². The lowest BCUT2D eigenvalue weighted by Crippen LogP contribution is -2.43. The molecule has 0 aromatic heterocycles. The third-order valence-corrected chi connectivity index (χ3v) is 10.2. The zero-order chi connectivity index (χ0) is 47.4. The van der Waals surface area contributed by atoms with E-state index in [0.717, 1.165) is 12.7 Å². The molecule has 366 valence electrons. The fraction of sp³-hybridized carbons (Fsp3) is 0.846. The second-order valence-electron chi connectivity index (χ2n) is 17.1. The van der Waals surface area contributed by atoms with Crippen molar-refractivity contribution in [3.05, 3.63) is 0 Å². The quantitative estimate of drug-likeness (QED) is 0.0160. The molecule has 23 nitrogen and oxygen atoms in total. The number of carbonyl (C=O) groups is 6. The Balaban J connectivity index is 5.45. The first-order valence-electron chi connectivity index (χ1n) is 22.2. The van der Waals surface area contributed by atoms with Crippen LogP contribution in [0.4, 0.5) is 0 Å². The van der Waals surface area contributed by atoms with E-state index in [2.05, 4.69) is 72.3 Å². The van der Waals surface area contributed by atoms with Crippen LogP contribution in [0.5, 0.6) is 0 Å². The van der Waals surface area contributed by atoms with Crippen molar-refractivity contribution < 1.29 is 49.6 Å². The molecule has 0 saturated heterocycles. The summed E-state index contributed by atoms with van der Waals surface area (Å²) >= 11 is 0. The molecule has 0 aromatic carbocycles. The summed E-state index contributed by atoms with van der Waals surface area (Å²) in [6.07, 6.45) is 2.98. The minimum atomic E-state index is -0.213. The van der Waals surface area contributed by atoms with Crippen molar-refractivity contribution in [1.82, 2.24) is 68.5 Å². The van der Waals surface area contributed by atoms with Gasteiger partial charge in [-0.2, -0.15) is 0 Å². The molecule has 0 aliphatic carbocycles. The highest BCUT2D eigenvalue weighted by Gasteiger charge is 2.29. The summed E-state index contributed by atoms with van der Waals surface area (Å²) in [4.78, 5) is 81.5. The Morgan fingerprint density at radius 3 is 0.889 bits per heavy atom. The predicted octanol–water partition coefficient (Wildman–Crippen LogP) is -3.66. The summed E-state index contributed by atoms with van der Waals surface area (Å²) in [6.45, 7) is 15.0. The number of carbonyl (C=O) groups excluding carboxylic acids is 6. The van der Waals surface area contributed by atoms with Gasteiger partial charge in [0, 0.05) is 163 Å². The van der Waals surface area contributed by atoms with E-state index in [9.17, 15) is 28.8 Å². The number of rotatable bonds is 41. The predicted molar refractivity (Wildman–Crippen MR) is 240 cm³/mol. The van der Waals surface area contributed by atoms with Crippen molar-refractivity contribution in [2.75, 3.05) is 124 Å². The van der Waals surface area contributed by atoms with Crippen LogP contribution in [0.2, 0.25) is 6.32 Å². The van der Waals surface area contributed by atoms with Crippen molar-refractivity contribution in [1.29, 1.82) is 0 Å². The molecule has 0 spiro atoms. The van der Waals surface area contributed by atoms with Crippen molar-refractivity contribution >= 4 is 43.3 Å². The SMILES string of the molecule is BCC(C)(C)CC(C)(C)CN(CCC(=O)NCCN(CCC(=O)NCCNO)CCC(=O)NCCNO)CCC(=O)NCCN(CCC(=O)NCCNO)CCC(=O)NCCNO. The van der Waals surface area contributed by atoms with Crippen molar-refractivity contribution in [2.24, 2.45) is 10.8 Å². The summed E-state index contributed by atoms with van der Waals surface area (Å²) in [7, 11) is 2.17. The highest BCUT2D eigenvalue weighted by atomic mass is 16.5. The van der Waals surface area contributed by atoms with E-state index >= 15 is 0 Å². The number of amides is 6. The van der Waals surface area contributed by atoms with Gasteiger partial charge in [-0.05, 0) is 17.3 Å². The smallest absolute Gasteiger partial charge is 0.221 e. The van der Waals surface area contributed by atoms with E-state index < -0.39 is 0 Å². The van der Waals surface area contributed by atoms with Gasteiger partial charge in [0.2, 0.25) is 35.4 Å². The van der Waals surface area contributed by atoms with Gasteiger partial charge in [0.1, 0.15) is 7.85 Å². The lowest BCUT2D eigenvalue weighted by Gasteiger charge is -2.38. The molecule has 0 aromatic rings. The minimum Gasteiger partial charge on any atom is -0.355 e. The molecule has 6 amide bonds. The van der Waals surface area contributed by atoms with Crippen LogP contribution in [0.15, 0.2) is 0 Å². The summed E-state index contributed by atoms with van der Waals surface area (Å²) in [5.74, 6) is -1.19. The van der Waals surface area contributed by atoms with E-state index in [1.807, 2.05) is 31.7 Å². The average molecular weight is 904 g/mol. The maximum absolute atomic E-state index is 13.2. The van der Waals surface area contributed by atoms with E-state index in [0.29, 0.717) is 58.9 Å². The molecule has 0 atom stereocenters. The molecule has 0 aliphatic rings. The lowest BCUT2D eigenvalue weighted by atomic mass is 9.69. The van der Waals surface area contributed by atoms with Crippen molar-refractivity contribution in [2.45, 2.75) is 79.0 Å². The largest absolute Gasteiger partial charge is 0.355 e. The average Bonchev–Trinajstić information content (AvgIpc) is 3.23. The van der Waals surface area contributed by atoms with Crippen LogP contribution in [0.25, 0.3) is 0 Å². The third kappa shape index (κ3) is 35.5. The first-order chi connectivity index (χ1) is 30.0. The molecule has 0 unspecified atom stereocenters. The maximum atomic E-state index is 13.2. The highest BCUT2D eigenvalue weighted by molar-refractivity contribution is 6.08. The Bertz CT molecular complexity index is 1160. The molecule has 14 N–H and O–H groups in total. The molecular formula is C39H82BN13O10.